The van der Waals surface area contributed by atoms with E-state index in [4.69, 9.17) is 0 Å². The third-order valence-electron chi connectivity index (χ3n) is 5.65. The fourth-order valence-electron chi connectivity index (χ4n) is 3.90. The van der Waals surface area contributed by atoms with Crippen LogP contribution in [0.2, 0.25) is 0 Å². The van der Waals surface area contributed by atoms with Crippen molar-refractivity contribution in [2.24, 2.45) is 5.92 Å². The normalized spacial score (nSPS) is 21.8. The van der Waals surface area contributed by atoms with Crippen LogP contribution in [0.25, 0.3) is 11.1 Å². The average molecular weight is 292 g/mol. The zero-order valence-electron chi connectivity index (χ0n) is 14.4. The molecule has 0 heteroatoms. The summed E-state index contributed by atoms with van der Waals surface area (Å²) in [5, 5.41) is 0. The van der Waals surface area contributed by atoms with E-state index in [1.807, 2.05) is 0 Å². The Morgan fingerprint density at radius 3 is 2.00 bits per heavy atom. The summed E-state index contributed by atoms with van der Waals surface area (Å²) in [6.07, 6.45) is 5.52. The molecule has 0 aliphatic heterocycles. The molecule has 2 aromatic carbocycles. The molecule has 0 aromatic heterocycles. The van der Waals surface area contributed by atoms with Crippen LogP contribution in [0.15, 0.2) is 36.4 Å². The van der Waals surface area contributed by atoms with Gasteiger partial charge in [-0.3, -0.25) is 0 Å². The highest BCUT2D eigenvalue weighted by Gasteiger charge is 2.22. The van der Waals surface area contributed by atoms with Gasteiger partial charge in [0.2, 0.25) is 0 Å². The van der Waals surface area contributed by atoms with E-state index in [2.05, 4.69) is 64.1 Å². The Morgan fingerprint density at radius 1 is 0.727 bits per heavy atom. The van der Waals surface area contributed by atoms with Gasteiger partial charge in [-0.25, -0.2) is 0 Å². The number of aryl methyl sites for hydroxylation is 1. The first kappa shape index (κ1) is 15.3. The standard InChI is InChI=1S/C22H28/c1-15-5-9-19(10-6-15)21-13-14-22(18(4)17(21)3)20-11-7-16(2)8-12-20/h5-6,9-10,13-14,16,20H,7-8,11-12H2,1-4H3. The minimum absolute atomic E-state index is 0.780. The van der Waals surface area contributed by atoms with Gasteiger partial charge in [0.25, 0.3) is 0 Å². The first-order valence-electron chi connectivity index (χ1n) is 8.73. The van der Waals surface area contributed by atoms with Crippen LogP contribution >= 0.6 is 0 Å². The number of hydrogen-bond acceptors (Lipinski definition) is 0. The molecule has 1 aliphatic carbocycles. The van der Waals surface area contributed by atoms with Crippen molar-refractivity contribution in [3.63, 3.8) is 0 Å². The molecule has 0 unspecified atom stereocenters. The summed E-state index contributed by atoms with van der Waals surface area (Å²) in [4.78, 5) is 0. The highest BCUT2D eigenvalue weighted by atomic mass is 14.3. The maximum Gasteiger partial charge on any atom is -0.0152 e. The zero-order chi connectivity index (χ0) is 15.7. The summed E-state index contributed by atoms with van der Waals surface area (Å²) in [6, 6.07) is 13.7. The van der Waals surface area contributed by atoms with Crippen molar-refractivity contribution in [1.29, 1.82) is 0 Å². The van der Waals surface area contributed by atoms with Crippen LogP contribution in [-0.2, 0) is 0 Å². The van der Waals surface area contributed by atoms with Crippen LogP contribution in [0.3, 0.4) is 0 Å². The van der Waals surface area contributed by atoms with E-state index in [9.17, 15) is 0 Å². The Hall–Kier alpha value is -1.56. The fourth-order valence-corrected chi connectivity index (χ4v) is 3.90. The number of hydrogen-bond donors (Lipinski definition) is 0. The molecule has 0 spiro atoms. The summed E-state index contributed by atoms with van der Waals surface area (Å²) in [5.74, 6) is 1.70. The molecule has 2 aromatic rings. The van der Waals surface area contributed by atoms with E-state index < -0.39 is 0 Å². The summed E-state index contributed by atoms with van der Waals surface area (Å²) < 4.78 is 0. The van der Waals surface area contributed by atoms with Crippen LogP contribution in [0, 0.1) is 26.7 Å². The third kappa shape index (κ3) is 2.97. The maximum absolute atomic E-state index is 2.40. The van der Waals surface area contributed by atoms with Crippen molar-refractivity contribution in [3.05, 3.63) is 58.7 Å². The van der Waals surface area contributed by atoms with Gasteiger partial charge in [-0.2, -0.15) is 0 Å². The lowest BCUT2D eigenvalue weighted by Crippen LogP contribution is -2.12. The highest BCUT2D eigenvalue weighted by molar-refractivity contribution is 5.69. The van der Waals surface area contributed by atoms with Crippen molar-refractivity contribution in [1.82, 2.24) is 0 Å². The molecule has 0 N–H and O–H groups in total. The maximum atomic E-state index is 2.40. The summed E-state index contributed by atoms with van der Waals surface area (Å²) >= 11 is 0. The van der Waals surface area contributed by atoms with Gasteiger partial charge in [0.05, 0.1) is 0 Å². The smallest absolute Gasteiger partial charge is 0.0152 e. The second-order valence-corrected chi connectivity index (χ2v) is 7.28. The van der Waals surface area contributed by atoms with Crippen molar-refractivity contribution in [3.8, 4) is 11.1 Å². The molecule has 22 heavy (non-hydrogen) atoms. The van der Waals surface area contributed by atoms with Gasteiger partial charge in [0.15, 0.2) is 0 Å². The molecule has 1 fully saturated rings. The molecule has 3 rings (SSSR count). The van der Waals surface area contributed by atoms with Gasteiger partial charge in [0.1, 0.15) is 0 Å². The molecule has 0 atom stereocenters. The topological polar surface area (TPSA) is 0 Å². The Bertz CT molecular complexity index is 640. The molecule has 0 bridgehead atoms. The predicted octanol–water partition coefficient (Wildman–Crippen LogP) is 6.57. The lowest BCUT2D eigenvalue weighted by Gasteiger charge is -2.28. The average Bonchev–Trinajstić information content (AvgIpc) is 2.52. The Balaban J connectivity index is 1.93. The second-order valence-electron chi connectivity index (χ2n) is 7.28. The zero-order valence-corrected chi connectivity index (χ0v) is 14.4. The minimum atomic E-state index is 0.780. The molecule has 0 saturated heterocycles. The van der Waals surface area contributed by atoms with E-state index in [-0.39, 0.29) is 0 Å². The molecular weight excluding hydrogens is 264 g/mol. The number of rotatable bonds is 2. The van der Waals surface area contributed by atoms with E-state index in [1.54, 1.807) is 5.56 Å². The van der Waals surface area contributed by atoms with Crippen molar-refractivity contribution >= 4 is 0 Å². The van der Waals surface area contributed by atoms with Crippen molar-refractivity contribution in [2.75, 3.05) is 0 Å². The van der Waals surface area contributed by atoms with Crippen LogP contribution < -0.4 is 0 Å². The second kappa shape index (κ2) is 6.28. The quantitative estimate of drug-likeness (QED) is 0.587. The first-order chi connectivity index (χ1) is 10.6. The summed E-state index contributed by atoms with van der Waals surface area (Å²) in [6.45, 7) is 9.16. The SMILES string of the molecule is Cc1ccc(-c2ccc(C3CCC(C)CC3)c(C)c2C)cc1. The Labute approximate surface area is 135 Å². The Kier molecular flexibility index (Phi) is 4.38. The van der Waals surface area contributed by atoms with Crippen LogP contribution in [-0.4, -0.2) is 0 Å². The predicted molar refractivity (Wildman–Crippen MR) is 96.5 cm³/mol. The van der Waals surface area contributed by atoms with Gasteiger partial charge in [-0.15, -0.1) is 0 Å². The monoisotopic (exact) mass is 292 g/mol. The molecular formula is C22H28. The fraction of sp³-hybridized carbons (Fsp3) is 0.455. The van der Waals surface area contributed by atoms with Gasteiger partial charge >= 0.3 is 0 Å². The van der Waals surface area contributed by atoms with E-state index in [0.29, 0.717) is 0 Å². The van der Waals surface area contributed by atoms with Crippen LogP contribution in [0.4, 0.5) is 0 Å². The Morgan fingerprint density at radius 2 is 1.36 bits per heavy atom. The third-order valence-corrected chi connectivity index (χ3v) is 5.65. The van der Waals surface area contributed by atoms with E-state index in [0.717, 1.165) is 11.8 Å². The number of benzene rings is 2. The van der Waals surface area contributed by atoms with Gasteiger partial charge in [0, 0.05) is 0 Å². The summed E-state index contributed by atoms with van der Waals surface area (Å²) in [5.41, 5.74) is 8.63. The molecule has 1 saturated carbocycles. The molecule has 0 nitrogen and oxygen atoms in total. The highest BCUT2D eigenvalue weighted by Crippen LogP contribution is 2.39. The van der Waals surface area contributed by atoms with Gasteiger partial charge in [-0.05, 0) is 73.3 Å². The lowest BCUT2D eigenvalue weighted by atomic mass is 9.77. The van der Waals surface area contributed by atoms with Crippen molar-refractivity contribution in [2.45, 2.75) is 59.3 Å². The van der Waals surface area contributed by atoms with E-state index >= 15 is 0 Å². The van der Waals surface area contributed by atoms with Crippen LogP contribution in [0.5, 0.6) is 0 Å². The molecule has 0 radical (unpaired) electrons. The largest absolute Gasteiger partial charge is 0.0625 e. The van der Waals surface area contributed by atoms with Crippen LogP contribution in [0.1, 0.15) is 60.8 Å². The van der Waals surface area contributed by atoms with Gasteiger partial charge < -0.3 is 0 Å². The molecule has 0 amide bonds. The molecule has 1 aliphatic rings. The molecule has 116 valence electrons. The van der Waals surface area contributed by atoms with Gasteiger partial charge in [-0.1, -0.05) is 61.7 Å². The first-order valence-corrected chi connectivity index (χ1v) is 8.73. The summed E-state index contributed by atoms with van der Waals surface area (Å²) in [7, 11) is 0. The molecule has 0 heterocycles. The van der Waals surface area contributed by atoms with Crippen molar-refractivity contribution < 1.29 is 0 Å². The lowest BCUT2D eigenvalue weighted by molar-refractivity contribution is 0.347. The van der Waals surface area contributed by atoms with E-state index in [1.165, 1.54) is 53.5 Å². The minimum Gasteiger partial charge on any atom is -0.0625 e.